The predicted molar refractivity (Wildman–Crippen MR) is 68.9 cm³/mol. The van der Waals surface area contributed by atoms with Crippen molar-refractivity contribution >= 4 is 17.4 Å². The smallest absolute Gasteiger partial charge is 0.319 e. The van der Waals surface area contributed by atoms with Gasteiger partial charge in [0.2, 0.25) is 6.79 Å². The van der Waals surface area contributed by atoms with Gasteiger partial charge in [-0.25, -0.2) is 4.79 Å². The predicted octanol–water partition coefficient (Wildman–Crippen LogP) is 1.92. The number of amides is 2. The Kier molecular flexibility index (Phi) is 3.76. The van der Waals surface area contributed by atoms with Gasteiger partial charge in [-0.1, -0.05) is 13.3 Å². The summed E-state index contributed by atoms with van der Waals surface area (Å²) in [6.07, 6.45) is 1.98. The first-order chi connectivity index (χ1) is 8.70. The summed E-state index contributed by atoms with van der Waals surface area (Å²) in [6.45, 7) is 2.89. The molecular formula is C12H17N3O3. The number of carbonyl (C=O) groups excluding carboxylic acids is 1. The zero-order chi connectivity index (χ0) is 13.0. The highest BCUT2D eigenvalue weighted by atomic mass is 16.7. The number of urea groups is 1. The fourth-order valence-electron chi connectivity index (χ4n) is 1.61. The Morgan fingerprint density at radius 2 is 2.11 bits per heavy atom. The van der Waals surface area contributed by atoms with Gasteiger partial charge < -0.3 is 25.8 Å². The van der Waals surface area contributed by atoms with Gasteiger partial charge in [0.25, 0.3) is 0 Å². The van der Waals surface area contributed by atoms with Crippen molar-refractivity contribution in [2.45, 2.75) is 19.8 Å². The van der Waals surface area contributed by atoms with Crippen molar-refractivity contribution in [2.24, 2.45) is 0 Å². The second-order valence-electron chi connectivity index (χ2n) is 4.03. The van der Waals surface area contributed by atoms with Gasteiger partial charge in [-0.15, -0.1) is 0 Å². The van der Waals surface area contributed by atoms with Gasteiger partial charge >= 0.3 is 6.03 Å². The number of nitrogen functional groups attached to an aromatic ring is 1. The van der Waals surface area contributed by atoms with Crippen LogP contribution in [0, 0.1) is 0 Å². The number of benzene rings is 1. The summed E-state index contributed by atoms with van der Waals surface area (Å²) in [6, 6.07) is 3.04. The molecule has 18 heavy (non-hydrogen) atoms. The molecule has 98 valence electrons. The molecule has 0 radical (unpaired) electrons. The van der Waals surface area contributed by atoms with Gasteiger partial charge in [0.05, 0.1) is 11.4 Å². The normalized spacial score (nSPS) is 12.3. The number of ether oxygens (including phenoxy) is 2. The van der Waals surface area contributed by atoms with Crippen LogP contribution >= 0.6 is 0 Å². The number of carbonyl (C=O) groups is 1. The highest BCUT2D eigenvalue weighted by Gasteiger charge is 2.16. The summed E-state index contributed by atoms with van der Waals surface area (Å²) < 4.78 is 10.4. The molecule has 0 aromatic heterocycles. The van der Waals surface area contributed by atoms with E-state index in [9.17, 15) is 4.79 Å². The van der Waals surface area contributed by atoms with Crippen LogP contribution in [0.2, 0.25) is 0 Å². The number of unbranched alkanes of at least 4 members (excludes halogenated alkanes) is 1. The summed E-state index contributed by atoms with van der Waals surface area (Å²) in [7, 11) is 0. The maximum atomic E-state index is 11.6. The maximum Gasteiger partial charge on any atom is 0.319 e. The molecule has 0 unspecified atom stereocenters. The van der Waals surface area contributed by atoms with Crippen molar-refractivity contribution in [3.05, 3.63) is 12.1 Å². The molecule has 2 amide bonds. The first-order valence-corrected chi connectivity index (χ1v) is 5.94. The number of anilines is 2. The van der Waals surface area contributed by atoms with Gasteiger partial charge in [-0.2, -0.15) is 0 Å². The lowest BCUT2D eigenvalue weighted by Gasteiger charge is -2.10. The number of nitrogens with one attached hydrogen (secondary N) is 2. The fourth-order valence-corrected chi connectivity index (χ4v) is 1.61. The number of hydrogen-bond acceptors (Lipinski definition) is 4. The standard InChI is InChI=1S/C12H17N3O3/c1-2-3-4-14-12(16)15-9-6-11-10(5-8(9)13)17-7-18-11/h5-6H,2-4,7,13H2,1H3,(H2,14,15,16). The van der Waals surface area contributed by atoms with Crippen LogP contribution in [-0.2, 0) is 0 Å². The lowest BCUT2D eigenvalue weighted by molar-refractivity contribution is 0.174. The van der Waals surface area contributed by atoms with E-state index in [1.54, 1.807) is 12.1 Å². The second-order valence-corrected chi connectivity index (χ2v) is 4.03. The summed E-state index contributed by atoms with van der Waals surface area (Å²) in [5.41, 5.74) is 6.79. The average molecular weight is 251 g/mol. The fraction of sp³-hybridized carbons (Fsp3) is 0.417. The molecule has 2 rings (SSSR count). The van der Waals surface area contributed by atoms with Gasteiger partial charge in [-0.3, -0.25) is 0 Å². The summed E-state index contributed by atoms with van der Waals surface area (Å²) in [5.74, 6) is 1.19. The SMILES string of the molecule is CCCCNC(=O)Nc1cc2c(cc1N)OCO2. The highest BCUT2D eigenvalue weighted by Crippen LogP contribution is 2.38. The molecular weight excluding hydrogens is 234 g/mol. The molecule has 0 spiro atoms. The van der Waals surface area contributed by atoms with Crippen LogP contribution in [-0.4, -0.2) is 19.4 Å². The Morgan fingerprint density at radius 3 is 2.83 bits per heavy atom. The van der Waals surface area contributed by atoms with E-state index in [1.165, 1.54) is 0 Å². The van der Waals surface area contributed by atoms with E-state index >= 15 is 0 Å². The first kappa shape index (κ1) is 12.3. The van der Waals surface area contributed by atoms with Crippen LogP contribution in [0.4, 0.5) is 16.2 Å². The molecule has 6 nitrogen and oxygen atoms in total. The molecule has 0 aliphatic carbocycles. The molecule has 1 aromatic carbocycles. The first-order valence-electron chi connectivity index (χ1n) is 5.94. The largest absolute Gasteiger partial charge is 0.454 e. The molecule has 1 aromatic rings. The minimum absolute atomic E-state index is 0.181. The second kappa shape index (κ2) is 5.48. The molecule has 0 saturated carbocycles. The van der Waals surface area contributed by atoms with Crippen LogP contribution in [0.15, 0.2) is 12.1 Å². The summed E-state index contributed by atoms with van der Waals surface area (Å²) in [5, 5.41) is 5.44. The van der Waals surface area contributed by atoms with Crippen LogP contribution in [0.25, 0.3) is 0 Å². The van der Waals surface area contributed by atoms with Crippen molar-refractivity contribution < 1.29 is 14.3 Å². The van der Waals surface area contributed by atoms with Crippen molar-refractivity contribution in [3.8, 4) is 11.5 Å². The molecule has 0 atom stereocenters. The number of rotatable bonds is 4. The Balaban J connectivity index is 1.99. The molecule has 1 aliphatic rings. The maximum absolute atomic E-state index is 11.6. The summed E-state index contributed by atoms with van der Waals surface area (Å²) in [4.78, 5) is 11.6. The van der Waals surface area contributed by atoms with Crippen LogP contribution in [0.1, 0.15) is 19.8 Å². The number of nitrogens with two attached hydrogens (primary N) is 1. The lowest BCUT2D eigenvalue weighted by atomic mass is 10.2. The molecule has 1 heterocycles. The van der Waals surface area contributed by atoms with Crippen LogP contribution in [0.3, 0.4) is 0 Å². The monoisotopic (exact) mass is 251 g/mol. The molecule has 0 bridgehead atoms. The lowest BCUT2D eigenvalue weighted by Crippen LogP contribution is -2.29. The minimum atomic E-state index is -0.269. The molecule has 4 N–H and O–H groups in total. The van der Waals surface area contributed by atoms with E-state index in [0.29, 0.717) is 29.4 Å². The van der Waals surface area contributed by atoms with Crippen molar-refractivity contribution in [3.63, 3.8) is 0 Å². The topological polar surface area (TPSA) is 85.6 Å². The number of fused-ring (bicyclic) bond motifs is 1. The van der Waals surface area contributed by atoms with E-state index < -0.39 is 0 Å². The quantitative estimate of drug-likeness (QED) is 0.563. The molecule has 0 fully saturated rings. The Morgan fingerprint density at radius 1 is 1.39 bits per heavy atom. The zero-order valence-corrected chi connectivity index (χ0v) is 10.3. The Hall–Kier alpha value is -2.11. The van der Waals surface area contributed by atoms with Crippen LogP contribution in [0.5, 0.6) is 11.5 Å². The molecule has 1 aliphatic heterocycles. The molecule has 0 saturated heterocycles. The van der Waals surface area contributed by atoms with Gasteiger partial charge in [0.15, 0.2) is 11.5 Å². The van der Waals surface area contributed by atoms with E-state index in [-0.39, 0.29) is 12.8 Å². The van der Waals surface area contributed by atoms with E-state index in [0.717, 1.165) is 12.8 Å². The van der Waals surface area contributed by atoms with Crippen molar-refractivity contribution in [1.29, 1.82) is 0 Å². The van der Waals surface area contributed by atoms with Gasteiger partial charge in [-0.05, 0) is 6.42 Å². The highest BCUT2D eigenvalue weighted by molar-refractivity contribution is 5.93. The average Bonchev–Trinajstić information content (AvgIpc) is 2.77. The van der Waals surface area contributed by atoms with Crippen LogP contribution < -0.4 is 25.8 Å². The zero-order valence-electron chi connectivity index (χ0n) is 10.3. The minimum Gasteiger partial charge on any atom is -0.454 e. The third-order valence-corrected chi connectivity index (χ3v) is 2.61. The van der Waals surface area contributed by atoms with Gasteiger partial charge in [0, 0.05) is 18.7 Å². The summed E-state index contributed by atoms with van der Waals surface area (Å²) >= 11 is 0. The van der Waals surface area contributed by atoms with E-state index in [4.69, 9.17) is 15.2 Å². The Bertz CT molecular complexity index is 448. The number of hydrogen-bond donors (Lipinski definition) is 3. The van der Waals surface area contributed by atoms with Gasteiger partial charge in [0.1, 0.15) is 0 Å². The van der Waals surface area contributed by atoms with Crippen molar-refractivity contribution in [2.75, 3.05) is 24.4 Å². The Labute approximate surface area is 105 Å². The third-order valence-electron chi connectivity index (χ3n) is 2.61. The van der Waals surface area contributed by atoms with E-state index in [2.05, 4.69) is 17.6 Å². The van der Waals surface area contributed by atoms with Crippen molar-refractivity contribution in [1.82, 2.24) is 5.32 Å². The third kappa shape index (κ3) is 2.77. The van der Waals surface area contributed by atoms with E-state index in [1.807, 2.05) is 0 Å². The molecule has 6 heteroatoms.